The molecule has 0 amide bonds. The minimum atomic E-state index is -0.786. The molecule has 0 aliphatic heterocycles. The number of pyridine rings is 1. The maximum Gasteiger partial charge on any atom is 0.243 e. The quantitative estimate of drug-likeness (QED) is 0.857. The fourth-order valence-electron chi connectivity index (χ4n) is 1.42. The normalized spacial score (nSPS) is 12.9. The van der Waals surface area contributed by atoms with Gasteiger partial charge in [-0.25, -0.2) is 4.52 Å². The first-order valence-electron chi connectivity index (χ1n) is 5.03. The van der Waals surface area contributed by atoms with Gasteiger partial charge in [0.05, 0.1) is 0 Å². The minimum Gasteiger partial charge on any atom is -0.352 e. The smallest absolute Gasteiger partial charge is 0.243 e. The van der Waals surface area contributed by atoms with Crippen LogP contribution in [0.25, 0.3) is 5.65 Å². The summed E-state index contributed by atoms with van der Waals surface area (Å²) in [6.07, 6.45) is 1.68. The lowest BCUT2D eigenvalue weighted by Crippen LogP contribution is -2.10. The first kappa shape index (κ1) is 11.1. The molecule has 0 bridgehead atoms. The second-order valence-electron chi connectivity index (χ2n) is 3.58. The molecule has 0 aliphatic carbocycles. The average Bonchev–Trinajstić information content (AvgIpc) is 2.61. The fourth-order valence-corrected chi connectivity index (χ4v) is 1.81. The average molecular weight is 238 g/mol. The van der Waals surface area contributed by atoms with Crippen LogP contribution in [0.15, 0.2) is 18.2 Å². The molecule has 0 saturated heterocycles. The van der Waals surface area contributed by atoms with Crippen LogP contribution >= 0.6 is 0 Å². The molecule has 86 valence electrons. The lowest BCUT2D eigenvalue weighted by Gasteiger charge is -1.98. The SMILES string of the molecule is Cc1cccc2nc(NCCS(C)=O)nn12. The van der Waals surface area contributed by atoms with Crippen molar-refractivity contribution in [3.05, 3.63) is 23.9 Å². The Morgan fingerprint density at radius 1 is 1.50 bits per heavy atom. The number of hydrogen-bond acceptors (Lipinski definition) is 4. The van der Waals surface area contributed by atoms with Crippen LogP contribution in [0.2, 0.25) is 0 Å². The zero-order valence-electron chi connectivity index (χ0n) is 9.30. The van der Waals surface area contributed by atoms with Gasteiger partial charge in [-0.05, 0) is 19.1 Å². The molecule has 2 aromatic rings. The molecule has 0 fully saturated rings. The summed E-state index contributed by atoms with van der Waals surface area (Å²) in [5.41, 5.74) is 1.86. The summed E-state index contributed by atoms with van der Waals surface area (Å²) < 4.78 is 12.7. The molecular formula is C10H14N4OS. The third-order valence-electron chi connectivity index (χ3n) is 2.22. The van der Waals surface area contributed by atoms with E-state index in [1.807, 2.05) is 25.1 Å². The van der Waals surface area contributed by atoms with Crippen molar-refractivity contribution in [2.45, 2.75) is 6.92 Å². The van der Waals surface area contributed by atoms with Crippen molar-refractivity contribution in [3.63, 3.8) is 0 Å². The summed E-state index contributed by atoms with van der Waals surface area (Å²) in [6, 6.07) is 5.83. The Kier molecular flexibility index (Phi) is 3.19. The Morgan fingerprint density at radius 2 is 2.31 bits per heavy atom. The van der Waals surface area contributed by atoms with E-state index in [4.69, 9.17) is 0 Å². The number of aryl methyl sites for hydroxylation is 1. The lowest BCUT2D eigenvalue weighted by molar-refractivity contribution is 0.687. The molecule has 5 nitrogen and oxygen atoms in total. The van der Waals surface area contributed by atoms with Gasteiger partial charge in [-0.1, -0.05) is 6.07 Å². The van der Waals surface area contributed by atoms with Gasteiger partial charge in [-0.15, -0.1) is 5.10 Å². The monoisotopic (exact) mass is 238 g/mol. The van der Waals surface area contributed by atoms with Crippen molar-refractivity contribution in [1.29, 1.82) is 0 Å². The summed E-state index contributed by atoms with van der Waals surface area (Å²) in [5.74, 6) is 1.19. The van der Waals surface area contributed by atoms with E-state index in [0.717, 1.165) is 11.3 Å². The number of nitrogens with zero attached hydrogens (tertiary/aromatic N) is 3. The Morgan fingerprint density at radius 3 is 3.00 bits per heavy atom. The van der Waals surface area contributed by atoms with E-state index in [2.05, 4.69) is 15.4 Å². The van der Waals surface area contributed by atoms with Crippen molar-refractivity contribution >= 4 is 22.4 Å². The van der Waals surface area contributed by atoms with Gasteiger partial charge in [-0.2, -0.15) is 4.98 Å². The Hall–Kier alpha value is -1.43. The maximum absolute atomic E-state index is 10.9. The van der Waals surface area contributed by atoms with Crippen LogP contribution in [0.5, 0.6) is 0 Å². The van der Waals surface area contributed by atoms with E-state index in [9.17, 15) is 4.21 Å². The third kappa shape index (κ3) is 2.38. The van der Waals surface area contributed by atoms with Gasteiger partial charge in [0.25, 0.3) is 0 Å². The Balaban J connectivity index is 2.14. The molecule has 2 rings (SSSR count). The zero-order chi connectivity index (χ0) is 11.5. The number of fused-ring (bicyclic) bond motifs is 1. The van der Waals surface area contributed by atoms with E-state index in [1.54, 1.807) is 10.8 Å². The first-order valence-corrected chi connectivity index (χ1v) is 6.76. The number of aromatic nitrogens is 3. The van der Waals surface area contributed by atoms with Crippen molar-refractivity contribution in [1.82, 2.24) is 14.6 Å². The van der Waals surface area contributed by atoms with E-state index in [0.29, 0.717) is 18.2 Å². The van der Waals surface area contributed by atoms with Crippen LogP contribution in [0, 0.1) is 6.92 Å². The van der Waals surface area contributed by atoms with Gasteiger partial charge >= 0.3 is 0 Å². The van der Waals surface area contributed by atoms with Gasteiger partial charge in [-0.3, -0.25) is 4.21 Å². The Bertz CT molecular complexity index is 523. The van der Waals surface area contributed by atoms with Crippen molar-refractivity contribution in [2.75, 3.05) is 23.9 Å². The molecule has 16 heavy (non-hydrogen) atoms. The van der Waals surface area contributed by atoms with Gasteiger partial charge in [0, 0.05) is 35.0 Å². The van der Waals surface area contributed by atoms with Crippen LogP contribution in [-0.4, -0.2) is 37.4 Å². The van der Waals surface area contributed by atoms with Gasteiger partial charge in [0.2, 0.25) is 5.95 Å². The number of rotatable bonds is 4. The van der Waals surface area contributed by atoms with E-state index >= 15 is 0 Å². The predicted octanol–water partition coefficient (Wildman–Crippen LogP) is 0.828. The zero-order valence-corrected chi connectivity index (χ0v) is 10.1. The van der Waals surface area contributed by atoms with Gasteiger partial charge < -0.3 is 5.32 Å². The highest BCUT2D eigenvalue weighted by Crippen LogP contribution is 2.07. The molecule has 0 saturated carbocycles. The predicted molar refractivity (Wildman–Crippen MR) is 65.1 cm³/mol. The maximum atomic E-state index is 10.9. The Labute approximate surface area is 96.3 Å². The molecule has 0 radical (unpaired) electrons. The van der Waals surface area contributed by atoms with Crippen LogP contribution in [0.4, 0.5) is 5.95 Å². The molecule has 6 heteroatoms. The largest absolute Gasteiger partial charge is 0.352 e. The van der Waals surface area contributed by atoms with Gasteiger partial charge in [0.1, 0.15) is 0 Å². The third-order valence-corrected chi connectivity index (χ3v) is 3.00. The second-order valence-corrected chi connectivity index (χ2v) is 5.13. The molecule has 1 N–H and O–H groups in total. The summed E-state index contributed by atoms with van der Waals surface area (Å²) in [7, 11) is -0.786. The minimum absolute atomic E-state index is 0.583. The first-order chi connectivity index (χ1) is 7.66. The standard InChI is InChI=1S/C10H14N4OS/c1-8-4-3-5-9-12-10(13-14(8)9)11-6-7-16(2)15/h3-5H,6-7H2,1-2H3,(H,11,13). The highest BCUT2D eigenvalue weighted by molar-refractivity contribution is 7.84. The summed E-state index contributed by atoms with van der Waals surface area (Å²) in [4.78, 5) is 4.31. The molecule has 0 spiro atoms. The fraction of sp³-hybridized carbons (Fsp3) is 0.400. The van der Waals surface area contributed by atoms with Gasteiger partial charge in [0.15, 0.2) is 5.65 Å². The summed E-state index contributed by atoms with van der Waals surface area (Å²) >= 11 is 0. The van der Waals surface area contributed by atoms with Crippen LogP contribution in [0.3, 0.4) is 0 Å². The number of hydrogen-bond donors (Lipinski definition) is 1. The molecule has 2 aromatic heterocycles. The van der Waals surface area contributed by atoms with Crippen LogP contribution in [0.1, 0.15) is 5.69 Å². The summed E-state index contributed by atoms with van der Waals surface area (Å²) in [6.45, 7) is 2.60. The summed E-state index contributed by atoms with van der Waals surface area (Å²) in [5, 5.41) is 7.36. The molecule has 1 atom stereocenters. The van der Waals surface area contributed by atoms with E-state index in [-0.39, 0.29) is 0 Å². The number of anilines is 1. The molecule has 1 unspecified atom stereocenters. The van der Waals surface area contributed by atoms with Crippen LogP contribution in [-0.2, 0) is 10.8 Å². The highest BCUT2D eigenvalue weighted by Gasteiger charge is 2.03. The van der Waals surface area contributed by atoms with E-state index < -0.39 is 10.8 Å². The lowest BCUT2D eigenvalue weighted by atomic mass is 10.4. The molecule has 0 aliphatic rings. The molecule has 2 heterocycles. The van der Waals surface area contributed by atoms with E-state index in [1.165, 1.54) is 0 Å². The van der Waals surface area contributed by atoms with Crippen molar-refractivity contribution in [2.24, 2.45) is 0 Å². The highest BCUT2D eigenvalue weighted by atomic mass is 32.2. The second kappa shape index (κ2) is 4.61. The molecular weight excluding hydrogens is 224 g/mol. The number of nitrogens with one attached hydrogen (secondary N) is 1. The van der Waals surface area contributed by atoms with Crippen molar-refractivity contribution < 1.29 is 4.21 Å². The molecule has 0 aromatic carbocycles. The van der Waals surface area contributed by atoms with Crippen molar-refractivity contribution in [3.8, 4) is 0 Å². The van der Waals surface area contributed by atoms with Crippen LogP contribution < -0.4 is 5.32 Å². The topological polar surface area (TPSA) is 59.3 Å².